The Balaban J connectivity index is 2.37. The zero-order valence-corrected chi connectivity index (χ0v) is 13.1. The van der Waals surface area contributed by atoms with Crippen molar-refractivity contribution in [2.75, 3.05) is 20.8 Å². The summed E-state index contributed by atoms with van der Waals surface area (Å²) >= 11 is 0. The standard InChI is InChI=1S/C17H27NO2/c1-5-18-17(13-10-9-12(2)11-13)16-14(19-3)7-6-8-15(16)20-4/h6-8,12-13,17-18H,5,9-11H2,1-4H3. The minimum absolute atomic E-state index is 0.316. The maximum Gasteiger partial charge on any atom is 0.127 e. The molecule has 0 bridgehead atoms. The van der Waals surface area contributed by atoms with Gasteiger partial charge in [-0.15, -0.1) is 0 Å². The van der Waals surface area contributed by atoms with Gasteiger partial charge in [-0.25, -0.2) is 0 Å². The Labute approximate surface area is 122 Å². The van der Waals surface area contributed by atoms with Crippen LogP contribution in [-0.4, -0.2) is 20.8 Å². The second kappa shape index (κ2) is 6.98. The van der Waals surface area contributed by atoms with Crippen molar-refractivity contribution in [1.82, 2.24) is 5.32 Å². The number of hydrogen-bond donors (Lipinski definition) is 1. The third kappa shape index (κ3) is 3.09. The summed E-state index contributed by atoms with van der Waals surface area (Å²) in [4.78, 5) is 0. The van der Waals surface area contributed by atoms with Crippen molar-refractivity contribution < 1.29 is 9.47 Å². The van der Waals surface area contributed by atoms with E-state index in [2.05, 4.69) is 19.2 Å². The highest BCUT2D eigenvalue weighted by Gasteiger charge is 2.32. The van der Waals surface area contributed by atoms with Crippen LogP contribution in [0.3, 0.4) is 0 Å². The summed E-state index contributed by atoms with van der Waals surface area (Å²) in [5.74, 6) is 3.33. The molecule has 3 nitrogen and oxygen atoms in total. The van der Waals surface area contributed by atoms with Crippen molar-refractivity contribution in [3.63, 3.8) is 0 Å². The lowest BCUT2D eigenvalue weighted by atomic mass is 9.89. The van der Waals surface area contributed by atoms with Crippen LogP contribution in [-0.2, 0) is 0 Å². The van der Waals surface area contributed by atoms with Crippen molar-refractivity contribution in [3.05, 3.63) is 23.8 Å². The molecular weight excluding hydrogens is 250 g/mol. The summed E-state index contributed by atoms with van der Waals surface area (Å²) in [6.07, 6.45) is 3.88. The molecule has 0 heterocycles. The molecule has 3 atom stereocenters. The first-order valence-corrected chi connectivity index (χ1v) is 7.65. The predicted octanol–water partition coefficient (Wildman–Crippen LogP) is 3.79. The Morgan fingerprint density at radius 2 is 1.85 bits per heavy atom. The highest BCUT2D eigenvalue weighted by molar-refractivity contribution is 5.47. The fraction of sp³-hybridized carbons (Fsp3) is 0.647. The third-order valence-electron chi connectivity index (χ3n) is 4.41. The maximum atomic E-state index is 5.58. The first-order chi connectivity index (χ1) is 9.71. The van der Waals surface area contributed by atoms with Crippen molar-refractivity contribution >= 4 is 0 Å². The summed E-state index contributed by atoms with van der Waals surface area (Å²) in [6.45, 7) is 5.46. The van der Waals surface area contributed by atoms with Crippen LogP contribution < -0.4 is 14.8 Å². The third-order valence-corrected chi connectivity index (χ3v) is 4.41. The van der Waals surface area contributed by atoms with Gasteiger partial charge in [-0.1, -0.05) is 26.3 Å². The van der Waals surface area contributed by atoms with Crippen LogP contribution in [0.2, 0.25) is 0 Å². The van der Waals surface area contributed by atoms with Crippen molar-refractivity contribution in [2.45, 2.75) is 39.2 Å². The smallest absolute Gasteiger partial charge is 0.127 e. The minimum atomic E-state index is 0.316. The molecule has 2 rings (SSSR count). The van der Waals surface area contributed by atoms with E-state index >= 15 is 0 Å². The van der Waals surface area contributed by atoms with E-state index in [9.17, 15) is 0 Å². The molecule has 3 unspecified atom stereocenters. The van der Waals surface area contributed by atoms with Crippen LogP contribution >= 0.6 is 0 Å². The lowest BCUT2D eigenvalue weighted by Gasteiger charge is -2.28. The topological polar surface area (TPSA) is 30.5 Å². The summed E-state index contributed by atoms with van der Waals surface area (Å²) < 4.78 is 11.2. The van der Waals surface area contributed by atoms with Gasteiger partial charge in [-0.2, -0.15) is 0 Å². The molecule has 0 aromatic heterocycles. The molecule has 0 radical (unpaired) electrons. The first kappa shape index (κ1) is 15.2. The Bertz CT molecular complexity index is 411. The highest BCUT2D eigenvalue weighted by atomic mass is 16.5. The van der Waals surface area contributed by atoms with E-state index in [-0.39, 0.29) is 0 Å². The normalized spacial score (nSPS) is 23.6. The molecule has 0 aliphatic heterocycles. The van der Waals surface area contributed by atoms with Crippen LogP contribution in [0.15, 0.2) is 18.2 Å². The molecule has 20 heavy (non-hydrogen) atoms. The fourth-order valence-corrected chi connectivity index (χ4v) is 3.46. The molecule has 1 N–H and O–H groups in total. The van der Waals surface area contributed by atoms with Crippen LogP contribution in [0.25, 0.3) is 0 Å². The molecular formula is C17H27NO2. The second-order valence-electron chi connectivity index (χ2n) is 5.79. The summed E-state index contributed by atoms with van der Waals surface area (Å²) in [7, 11) is 3.47. The molecule has 1 fully saturated rings. The monoisotopic (exact) mass is 277 g/mol. The Kier molecular flexibility index (Phi) is 5.30. The van der Waals surface area contributed by atoms with Gasteiger partial charge in [0.15, 0.2) is 0 Å². The van der Waals surface area contributed by atoms with Gasteiger partial charge in [0, 0.05) is 6.04 Å². The number of ether oxygens (including phenoxy) is 2. The number of methoxy groups -OCH3 is 2. The molecule has 1 aromatic rings. The average molecular weight is 277 g/mol. The van der Waals surface area contributed by atoms with Crippen molar-refractivity contribution in [1.29, 1.82) is 0 Å². The molecule has 1 aliphatic carbocycles. The SMILES string of the molecule is CCNC(c1c(OC)cccc1OC)C1CCC(C)C1. The van der Waals surface area contributed by atoms with Crippen LogP contribution in [0.4, 0.5) is 0 Å². The van der Waals surface area contributed by atoms with Crippen LogP contribution in [0, 0.1) is 11.8 Å². The van der Waals surface area contributed by atoms with Crippen molar-refractivity contribution in [3.8, 4) is 11.5 Å². The Morgan fingerprint density at radius 3 is 2.30 bits per heavy atom. The minimum Gasteiger partial charge on any atom is -0.496 e. The predicted molar refractivity (Wildman–Crippen MR) is 82.5 cm³/mol. The Hall–Kier alpha value is -1.22. The molecule has 0 amide bonds. The lowest BCUT2D eigenvalue weighted by molar-refractivity contribution is 0.324. The van der Waals surface area contributed by atoms with Gasteiger partial charge in [-0.05, 0) is 43.4 Å². The quantitative estimate of drug-likeness (QED) is 0.858. The van der Waals surface area contributed by atoms with Gasteiger partial charge < -0.3 is 14.8 Å². The summed E-state index contributed by atoms with van der Waals surface area (Å²) in [5, 5.41) is 3.65. The first-order valence-electron chi connectivity index (χ1n) is 7.65. The van der Waals surface area contributed by atoms with E-state index < -0.39 is 0 Å². The van der Waals surface area contributed by atoms with E-state index in [0.717, 1.165) is 24.0 Å². The van der Waals surface area contributed by atoms with Gasteiger partial charge in [0.2, 0.25) is 0 Å². The number of nitrogens with one attached hydrogen (secondary N) is 1. The number of benzene rings is 1. The van der Waals surface area contributed by atoms with E-state index in [1.165, 1.54) is 24.8 Å². The fourth-order valence-electron chi connectivity index (χ4n) is 3.46. The number of hydrogen-bond acceptors (Lipinski definition) is 3. The molecule has 1 aromatic carbocycles. The maximum absolute atomic E-state index is 5.58. The lowest BCUT2D eigenvalue weighted by Crippen LogP contribution is -2.28. The van der Waals surface area contributed by atoms with Crippen LogP contribution in [0.5, 0.6) is 11.5 Å². The summed E-state index contributed by atoms with van der Waals surface area (Å²) in [5.41, 5.74) is 1.18. The zero-order chi connectivity index (χ0) is 14.5. The van der Waals surface area contributed by atoms with E-state index in [4.69, 9.17) is 9.47 Å². The molecule has 1 saturated carbocycles. The highest BCUT2D eigenvalue weighted by Crippen LogP contribution is 2.44. The zero-order valence-electron chi connectivity index (χ0n) is 13.1. The molecule has 3 heteroatoms. The van der Waals surface area contributed by atoms with Crippen LogP contribution in [0.1, 0.15) is 44.7 Å². The van der Waals surface area contributed by atoms with E-state index in [1.54, 1.807) is 14.2 Å². The van der Waals surface area contributed by atoms with Gasteiger partial charge in [0.1, 0.15) is 11.5 Å². The number of rotatable bonds is 6. The van der Waals surface area contributed by atoms with Gasteiger partial charge in [0.05, 0.1) is 19.8 Å². The summed E-state index contributed by atoms with van der Waals surface area (Å²) in [6, 6.07) is 6.36. The second-order valence-corrected chi connectivity index (χ2v) is 5.79. The molecule has 0 spiro atoms. The van der Waals surface area contributed by atoms with Gasteiger partial charge in [-0.3, -0.25) is 0 Å². The molecule has 1 aliphatic rings. The van der Waals surface area contributed by atoms with E-state index in [1.807, 2.05) is 18.2 Å². The Morgan fingerprint density at radius 1 is 1.20 bits per heavy atom. The van der Waals surface area contributed by atoms with Crippen molar-refractivity contribution in [2.24, 2.45) is 11.8 Å². The van der Waals surface area contributed by atoms with Gasteiger partial charge >= 0.3 is 0 Å². The van der Waals surface area contributed by atoms with E-state index in [0.29, 0.717) is 12.0 Å². The largest absolute Gasteiger partial charge is 0.496 e. The molecule has 112 valence electrons. The van der Waals surface area contributed by atoms with Gasteiger partial charge in [0.25, 0.3) is 0 Å². The molecule has 0 saturated heterocycles. The average Bonchev–Trinajstić information content (AvgIpc) is 2.90.